The van der Waals surface area contributed by atoms with Gasteiger partial charge in [-0.1, -0.05) is 11.8 Å². The van der Waals surface area contributed by atoms with Crippen molar-refractivity contribution in [2.45, 2.75) is 13.3 Å². The molecule has 0 aliphatic heterocycles. The number of aliphatic hydroxyl groups is 1. The first-order valence-corrected chi connectivity index (χ1v) is 6.00. The molecular weight excluding hydrogens is 247 g/mol. The lowest BCUT2D eigenvalue weighted by Crippen LogP contribution is -2.31. The first kappa shape index (κ1) is 15.0. The van der Waals surface area contributed by atoms with E-state index in [1.807, 2.05) is 6.92 Å². The summed E-state index contributed by atoms with van der Waals surface area (Å²) >= 11 is 0. The minimum atomic E-state index is -0.534. The van der Waals surface area contributed by atoms with Crippen molar-refractivity contribution in [3.63, 3.8) is 0 Å². The maximum Gasteiger partial charge on any atom is 0.321 e. The Bertz CT molecular complexity index is 506. The Hall–Kier alpha value is -2.06. The largest absolute Gasteiger partial charge is 0.395 e. The summed E-state index contributed by atoms with van der Waals surface area (Å²) in [5.74, 6) is 4.90. The topological polar surface area (TPSA) is 52.6 Å². The van der Waals surface area contributed by atoms with Crippen LogP contribution in [0.3, 0.4) is 0 Å². The summed E-state index contributed by atoms with van der Waals surface area (Å²) in [6.45, 7) is 2.35. The molecule has 0 unspecified atom stereocenters. The number of nitrogens with zero attached hydrogens (tertiary/aromatic N) is 1. The molecule has 102 valence electrons. The molecule has 0 heterocycles. The highest BCUT2D eigenvalue weighted by Crippen LogP contribution is 2.15. The minimum Gasteiger partial charge on any atom is -0.395 e. The number of urea groups is 1. The first-order chi connectivity index (χ1) is 9.08. The number of carbonyl (C=O) groups is 1. The molecule has 19 heavy (non-hydrogen) atoms. The van der Waals surface area contributed by atoms with E-state index in [4.69, 9.17) is 5.11 Å². The van der Waals surface area contributed by atoms with Crippen molar-refractivity contribution in [3.8, 4) is 11.8 Å². The molecule has 1 rings (SSSR count). The van der Waals surface area contributed by atoms with Crippen LogP contribution in [0.5, 0.6) is 0 Å². The van der Waals surface area contributed by atoms with Gasteiger partial charge in [-0.05, 0) is 25.1 Å². The van der Waals surface area contributed by atoms with E-state index in [0.717, 1.165) is 0 Å². The fourth-order valence-electron chi connectivity index (χ4n) is 1.27. The van der Waals surface area contributed by atoms with Crippen molar-refractivity contribution in [2.75, 3.05) is 25.5 Å². The number of amides is 2. The van der Waals surface area contributed by atoms with Crippen molar-refractivity contribution < 1.29 is 14.3 Å². The highest BCUT2D eigenvalue weighted by Gasteiger charge is 2.09. The van der Waals surface area contributed by atoms with E-state index >= 15 is 0 Å². The molecule has 0 atom stereocenters. The Kier molecular flexibility index (Phi) is 5.83. The van der Waals surface area contributed by atoms with E-state index in [1.165, 1.54) is 17.0 Å². The first-order valence-electron chi connectivity index (χ1n) is 6.00. The van der Waals surface area contributed by atoms with Crippen LogP contribution >= 0.6 is 0 Å². The summed E-state index contributed by atoms with van der Waals surface area (Å²) in [7, 11) is 1.63. The molecule has 0 radical (unpaired) electrons. The van der Waals surface area contributed by atoms with Gasteiger partial charge in [0.2, 0.25) is 0 Å². The lowest BCUT2D eigenvalue weighted by atomic mass is 10.2. The standard InChI is InChI=1S/C14H17FN2O2/c1-3-17(2)14(19)16-13-8-7-11(10-12(13)15)6-4-5-9-18/h7-8,10,18H,3,5,9H2,1-2H3,(H,16,19). The van der Waals surface area contributed by atoms with Crippen LogP contribution in [0.1, 0.15) is 18.9 Å². The Morgan fingerprint density at radius 3 is 2.84 bits per heavy atom. The van der Waals surface area contributed by atoms with Crippen molar-refractivity contribution >= 4 is 11.7 Å². The summed E-state index contributed by atoms with van der Waals surface area (Å²) < 4.78 is 13.7. The molecule has 0 bridgehead atoms. The van der Waals surface area contributed by atoms with Crippen LogP contribution in [0.4, 0.5) is 14.9 Å². The molecule has 0 saturated carbocycles. The van der Waals surface area contributed by atoms with Gasteiger partial charge in [-0.25, -0.2) is 9.18 Å². The number of carbonyl (C=O) groups excluding carboxylic acids is 1. The van der Waals surface area contributed by atoms with Gasteiger partial charge in [0, 0.05) is 25.6 Å². The highest BCUT2D eigenvalue weighted by molar-refractivity contribution is 5.89. The predicted octanol–water partition coefficient (Wildman–Crippen LogP) is 2.04. The zero-order chi connectivity index (χ0) is 14.3. The molecule has 2 amide bonds. The summed E-state index contributed by atoms with van der Waals surface area (Å²) in [5, 5.41) is 11.1. The maximum absolute atomic E-state index is 13.7. The maximum atomic E-state index is 13.7. The summed E-state index contributed by atoms with van der Waals surface area (Å²) in [5.41, 5.74) is 0.630. The lowest BCUT2D eigenvalue weighted by Gasteiger charge is -2.15. The van der Waals surface area contributed by atoms with E-state index in [0.29, 0.717) is 18.5 Å². The SMILES string of the molecule is CCN(C)C(=O)Nc1ccc(C#CCCO)cc1F. The van der Waals surface area contributed by atoms with Crippen LogP contribution < -0.4 is 5.32 Å². The van der Waals surface area contributed by atoms with Crippen LogP contribution in [0.2, 0.25) is 0 Å². The molecule has 0 saturated heterocycles. The van der Waals surface area contributed by atoms with Crippen LogP contribution in [-0.4, -0.2) is 36.2 Å². The summed E-state index contributed by atoms with van der Waals surface area (Å²) in [4.78, 5) is 13.0. The third-order valence-electron chi connectivity index (χ3n) is 2.50. The fraction of sp³-hybridized carbons (Fsp3) is 0.357. The molecule has 4 nitrogen and oxygen atoms in total. The number of halogens is 1. The molecule has 0 aliphatic carbocycles. The van der Waals surface area contributed by atoms with Gasteiger partial charge in [0.05, 0.1) is 12.3 Å². The molecule has 0 aromatic heterocycles. The summed E-state index contributed by atoms with van der Waals surface area (Å²) in [6, 6.07) is 3.99. The predicted molar refractivity (Wildman–Crippen MR) is 72.3 cm³/mol. The number of hydrogen-bond donors (Lipinski definition) is 2. The molecule has 0 aliphatic rings. The monoisotopic (exact) mass is 264 g/mol. The molecular formula is C14H17FN2O2. The van der Waals surface area contributed by atoms with Crippen LogP contribution in [-0.2, 0) is 0 Å². The van der Waals surface area contributed by atoms with Crippen molar-refractivity contribution in [1.82, 2.24) is 4.90 Å². The van der Waals surface area contributed by atoms with Gasteiger partial charge in [0.25, 0.3) is 0 Å². The number of aliphatic hydroxyl groups excluding tert-OH is 1. The third-order valence-corrected chi connectivity index (χ3v) is 2.50. The average molecular weight is 264 g/mol. The van der Waals surface area contributed by atoms with Gasteiger partial charge in [0.15, 0.2) is 0 Å². The second kappa shape index (κ2) is 7.39. The second-order valence-corrected chi connectivity index (χ2v) is 3.91. The van der Waals surface area contributed by atoms with Crippen molar-refractivity contribution in [1.29, 1.82) is 0 Å². The van der Waals surface area contributed by atoms with E-state index in [1.54, 1.807) is 13.1 Å². The molecule has 1 aromatic rings. The Morgan fingerprint density at radius 2 is 2.26 bits per heavy atom. The van der Waals surface area contributed by atoms with E-state index in [2.05, 4.69) is 17.2 Å². The van der Waals surface area contributed by atoms with E-state index in [-0.39, 0.29) is 18.3 Å². The molecule has 1 aromatic carbocycles. The van der Waals surface area contributed by atoms with Crippen LogP contribution in [0.15, 0.2) is 18.2 Å². The van der Waals surface area contributed by atoms with Gasteiger partial charge in [0.1, 0.15) is 5.82 Å². The van der Waals surface area contributed by atoms with Crippen LogP contribution in [0, 0.1) is 17.7 Å². The van der Waals surface area contributed by atoms with Gasteiger partial charge in [-0.15, -0.1) is 0 Å². The zero-order valence-corrected chi connectivity index (χ0v) is 11.0. The number of anilines is 1. The fourth-order valence-corrected chi connectivity index (χ4v) is 1.27. The van der Waals surface area contributed by atoms with Crippen molar-refractivity contribution in [2.24, 2.45) is 0 Å². The average Bonchev–Trinajstić information content (AvgIpc) is 2.41. The number of rotatable bonds is 3. The van der Waals surface area contributed by atoms with Gasteiger partial charge < -0.3 is 15.3 Å². The zero-order valence-electron chi connectivity index (χ0n) is 11.0. The van der Waals surface area contributed by atoms with Gasteiger partial charge in [-0.3, -0.25) is 0 Å². The Labute approximate surface area is 112 Å². The smallest absolute Gasteiger partial charge is 0.321 e. The number of nitrogens with one attached hydrogen (secondary N) is 1. The quantitative estimate of drug-likeness (QED) is 0.821. The van der Waals surface area contributed by atoms with Gasteiger partial charge in [-0.2, -0.15) is 0 Å². The Morgan fingerprint density at radius 1 is 1.53 bits per heavy atom. The number of hydrogen-bond acceptors (Lipinski definition) is 2. The minimum absolute atomic E-state index is 0.0209. The van der Waals surface area contributed by atoms with Gasteiger partial charge >= 0.3 is 6.03 Å². The second-order valence-electron chi connectivity index (χ2n) is 3.91. The normalized spacial score (nSPS) is 9.47. The van der Waals surface area contributed by atoms with Crippen LogP contribution in [0.25, 0.3) is 0 Å². The molecule has 5 heteroatoms. The lowest BCUT2D eigenvalue weighted by molar-refractivity contribution is 0.224. The third kappa shape index (κ3) is 4.60. The van der Waals surface area contributed by atoms with E-state index < -0.39 is 5.82 Å². The molecule has 0 fully saturated rings. The molecule has 2 N–H and O–H groups in total. The van der Waals surface area contributed by atoms with E-state index in [9.17, 15) is 9.18 Å². The number of benzene rings is 1. The molecule has 0 spiro atoms. The van der Waals surface area contributed by atoms with Crippen molar-refractivity contribution in [3.05, 3.63) is 29.6 Å². The summed E-state index contributed by atoms with van der Waals surface area (Å²) in [6.07, 6.45) is 0.349. The Balaban J connectivity index is 2.78. The highest BCUT2D eigenvalue weighted by atomic mass is 19.1.